The summed E-state index contributed by atoms with van der Waals surface area (Å²) in [7, 11) is 0. The van der Waals surface area contributed by atoms with E-state index in [2.05, 4.69) is 33.0 Å². The third-order valence-corrected chi connectivity index (χ3v) is 3.87. The quantitative estimate of drug-likeness (QED) is 0.657. The van der Waals surface area contributed by atoms with Gasteiger partial charge in [0.25, 0.3) is 0 Å². The Balaban J connectivity index is 2.33. The molecule has 0 aliphatic heterocycles. The van der Waals surface area contributed by atoms with Gasteiger partial charge in [0.15, 0.2) is 0 Å². The topological polar surface area (TPSA) is 12.0 Å². The molecule has 0 heterocycles. The summed E-state index contributed by atoms with van der Waals surface area (Å²) in [6, 6.07) is 0.856. The highest BCUT2D eigenvalue weighted by Crippen LogP contribution is 2.33. The monoisotopic (exact) mass is 197 g/mol. The minimum absolute atomic E-state index is 0.512. The summed E-state index contributed by atoms with van der Waals surface area (Å²) in [4.78, 5) is 0. The van der Waals surface area contributed by atoms with Crippen molar-refractivity contribution < 1.29 is 0 Å². The van der Waals surface area contributed by atoms with Gasteiger partial charge in [0.2, 0.25) is 0 Å². The van der Waals surface area contributed by atoms with Gasteiger partial charge in [0.05, 0.1) is 0 Å². The smallest absolute Gasteiger partial charge is 0.00684 e. The SMILES string of the molecule is CCCCC(C)(CNC1CC1)C(C)C. The van der Waals surface area contributed by atoms with Gasteiger partial charge in [-0.15, -0.1) is 0 Å². The minimum Gasteiger partial charge on any atom is -0.313 e. The minimum atomic E-state index is 0.512. The molecule has 1 N–H and O–H groups in total. The molecule has 1 heteroatoms. The highest BCUT2D eigenvalue weighted by Gasteiger charge is 2.30. The molecular weight excluding hydrogens is 170 g/mol. The van der Waals surface area contributed by atoms with Crippen LogP contribution < -0.4 is 5.32 Å². The van der Waals surface area contributed by atoms with Gasteiger partial charge in [-0.3, -0.25) is 0 Å². The molecule has 0 bridgehead atoms. The van der Waals surface area contributed by atoms with Gasteiger partial charge in [-0.2, -0.15) is 0 Å². The third-order valence-electron chi connectivity index (χ3n) is 3.87. The van der Waals surface area contributed by atoms with Crippen LogP contribution in [0.25, 0.3) is 0 Å². The molecule has 14 heavy (non-hydrogen) atoms. The van der Waals surface area contributed by atoms with E-state index in [4.69, 9.17) is 0 Å². The van der Waals surface area contributed by atoms with E-state index < -0.39 is 0 Å². The van der Waals surface area contributed by atoms with Crippen molar-refractivity contribution in [3.8, 4) is 0 Å². The predicted octanol–water partition coefficient (Wildman–Crippen LogP) is 3.59. The normalized spacial score (nSPS) is 21.2. The van der Waals surface area contributed by atoms with Crippen LogP contribution in [0.1, 0.15) is 59.8 Å². The predicted molar refractivity (Wildman–Crippen MR) is 63.5 cm³/mol. The molecule has 0 amide bonds. The zero-order valence-corrected chi connectivity index (χ0v) is 10.4. The number of rotatable bonds is 7. The first kappa shape index (κ1) is 12.0. The van der Waals surface area contributed by atoms with Crippen LogP contribution in [0, 0.1) is 11.3 Å². The lowest BCUT2D eigenvalue weighted by atomic mass is 9.75. The van der Waals surface area contributed by atoms with Crippen LogP contribution in [0.15, 0.2) is 0 Å². The highest BCUT2D eigenvalue weighted by atomic mass is 15.0. The van der Waals surface area contributed by atoms with Crippen molar-refractivity contribution in [2.24, 2.45) is 11.3 Å². The summed E-state index contributed by atoms with van der Waals surface area (Å²) in [6.45, 7) is 10.7. The molecule has 0 radical (unpaired) electrons. The Labute approximate surface area is 89.7 Å². The van der Waals surface area contributed by atoms with Crippen LogP contribution in [-0.2, 0) is 0 Å². The Bertz CT molecular complexity index is 161. The van der Waals surface area contributed by atoms with Gasteiger partial charge in [0.1, 0.15) is 0 Å². The second-order valence-electron chi connectivity index (χ2n) is 5.57. The lowest BCUT2D eigenvalue weighted by Crippen LogP contribution is -2.37. The standard InChI is InChI=1S/C13H27N/c1-5-6-9-13(4,11(2)3)10-14-12-7-8-12/h11-12,14H,5-10H2,1-4H3. The first-order valence-electron chi connectivity index (χ1n) is 6.32. The van der Waals surface area contributed by atoms with Crippen molar-refractivity contribution >= 4 is 0 Å². The average molecular weight is 197 g/mol. The molecule has 1 aliphatic carbocycles. The molecule has 0 saturated heterocycles. The summed E-state index contributed by atoms with van der Waals surface area (Å²) in [5, 5.41) is 3.69. The van der Waals surface area contributed by atoms with Gasteiger partial charge in [0, 0.05) is 12.6 Å². The lowest BCUT2D eigenvalue weighted by Gasteiger charge is -2.34. The molecule has 0 spiro atoms. The van der Waals surface area contributed by atoms with Crippen molar-refractivity contribution in [2.75, 3.05) is 6.54 Å². The fraction of sp³-hybridized carbons (Fsp3) is 1.00. The molecule has 84 valence electrons. The summed E-state index contributed by atoms with van der Waals surface area (Å²) in [5.41, 5.74) is 0.512. The van der Waals surface area contributed by atoms with E-state index in [0.29, 0.717) is 5.41 Å². The Morgan fingerprint density at radius 2 is 2.00 bits per heavy atom. The molecule has 0 aromatic heterocycles. The van der Waals surface area contributed by atoms with Gasteiger partial charge in [-0.25, -0.2) is 0 Å². The first-order valence-corrected chi connectivity index (χ1v) is 6.32. The highest BCUT2D eigenvalue weighted by molar-refractivity contribution is 4.86. The maximum absolute atomic E-state index is 3.69. The summed E-state index contributed by atoms with van der Waals surface area (Å²) in [5.74, 6) is 0.792. The van der Waals surface area contributed by atoms with Gasteiger partial charge >= 0.3 is 0 Å². The Morgan fingerprint density at radius 1 is 1.36 bits per heavy atom. The van der Waals surface area contributed by atoms with E-state index in [0.717, 1.165) is 12.0 Å². The molecule has 0 aromatic carbocycles. The number of unbranched alkanes of at least 4 members (excludes halogenated alkanes) is 1. The van der Waals surface area contributed by atoms with Crippen LogP contribution in [0.4, 0.5) is 0 Å². The van der Waals surface area contributed by atoms with Gasteiger partial charge < -0.3 is 5.32 Å². The van der Waals surface area contributed by atoms with Crippen molar-refractivity contribution in [1.82, 2.24) is 5.32 Å². The molecule has 1 rings (SSSR count). The molecule has 1 saturated carbocycles. The molecule has 1 atom stereocenters. The van der Waals surface area contributed by atoms with E-state index in [-0.39, 0.29) is 0 Å². The van der Waals surface area contributed by atoms with Crippen LogP contribution in [0.3, 0.4) is 0 Å². The van der Waals surface area contributed by atoms with Gasteiger partial charge in [-0.1, -0.05) is 40.5 Å². The molecular formula is C13H27N. The zero-order chi connectivity index (χ0) is 10.6. The van der Waals surface area contributed by atoms with Crippen LogP contribution >= 0.6 is 0 Å². The lowest BCUT2D eigenvalue weighted by molar-refractivity contribution is 0.185. The molecule has 1 aliphatic rings. The largest absolute Gasteiger partial charge is 0.313 e. The fourth-order valence-electron chi connectivity index (χ4n) is 1.83. The van der Waals surface area contributed by atoms with E-state index in [1.165, 1.54) is 38.6 Å². The number of hydrogen-bond acceptors (Lipinski definition) is 1. The Kier molecular flexibility index (Phi) is 4.43. The van der Waals surface area contributed by atoms with E-state index in [9.17, 15) is 0 Å². The van der Waals surface area contributed by atoms with Gasteiger partial charge in [-0.05, 0) is 30.6 Å². The summed E-state index contributed by atoms with van der Waals surface area (Å²) >= 11 is 0. The summed E-state index contributed by atoms with van der Waals surface area (Å²) in [6.07, 6.45) is 6.89. The maximum Gasteiger partial charge on any atom is 0.00684 e. The average Bonchev–Trinajstić information content (AvgIpc) is 2.94. The second kappa shape index (κ2) is 5.16. The Morgan fingerprint density at radius 3 is 2.43 bits per heavy atom. The van der Waals surface area contributed by atoms with Crippen LogP contribution in [0.5, 0.6) is 0 Å². The van der Waals surface area contributed by atoms with Crippen molar-refractivity contribution in [2.45, 2.75) is 65.8 Å². The number of nitrogens with one attached hydrogen (secondary N) is 1. The van der Waals surface area contributed by atoms with E-state index in [1.54, 1.807) is 0 Å². The molecule has 1 nitrogen and oxygen atoms in total. The third kappa shape index (κ3) is 3.61. The zero-order valence-electron chi connectivity index (χ0n) is 10.4. The van der Waals surface area contributed by atoms with E-state index >= 15 is 0 Å². The Hall–Kier alpha value is -0.0400. The molecule has 1 unspecified atom stereocenters. The summed E-state index contributed by atoms with van der Waals surface area (Å²) < 4.78 is 0. The van der Waals surface area contributed by atoms with Crippen molar-refractivity contribution in [3.05, 3.63) is 0 Å². The first-order chi connectivity index (χ1) is 6.58. The molecule has 1 fully saturated rings. The van der Waals surface area contributed by atoms with Crippen molar-refractivity contribution in [3.63, 3.8) is 0 Å². The fourth-order valence-corrected chi connectivity index (χ4v) is 1.83. The number of hydrogen-bond donors (Lipinski definition) is 1. The molecule has 0 aromatic rings. The van der Waals surface area contributed by atoms with E-state index in [1.807, 2.05) is 0 Å². The second-order valence-corrected chi connectivity index (χ2v) is 5.57. The van der Waals surface area contributed by atoms with Crippen LogP contribution in [-0.4, -0.2) is 12.6 Å². The van der Waals surface area contributed by atoms with Crippen molar-refractivity contribution in [1.29, 1.82) is 0 Å². The van der Waals surface area contributed by atoms with Crippen LogP contribution in [0.2, 0.25) is 0 Å². The maximum atomic E-state index is 3.69.